The summed E-state index contributed by atoms with van der Waals surface area (Å²) >= 11 is 6.57. The molecule has 0 saturated heterocycles. The van der Waals surface area contributed by atoms with E-state index in [1.165, 1.54) is 19.2 Å². The highest BCUT2D eigenvalue weighted by atomic mass is 35.5. The van der Waals surface area contributed by atoms with Crippen molar-refractivity contribution in [3.05, 3.63) is 58.4 Å². The second-order valence-electron chi connectivity index (χ2n) is 13.0. The first-order chi connectivity index (χ1) is 22.8. The van der Waals surface area contributed by atoms with Crippen LogP contribution in [0.25, 0.3) is 22.2 Å². The zero-order chi connectivity index (χ0) is 33.7. The SMILES string of the molecule is COc1cc(C(=O)NCC(O)(c2cc3c(c(-c4cc5c(cc4Cl)OC(F)(F)O5)n2)OC[C@]3(C)C(N)=O)C2CC2)cc2cn(C3CC3)nc12. The summed E-state index contributed by atoms with van der Waals surface area (Å²) in [4.78, 5) is 31.1. The largest absolute Gasteiger partial charge is 0.586 e. The molecule has 15 heteroatoms. The van der Waals surface area contributed by atoms with E-state index >= 15 is 0 Å². The second kappa shape index (κ2) is 10.4. The number of ether oxygens (including phenoxy) is 4. The molecule has 4 aromatic rings. The number of aliphatic hydroxyl groups is 1. The molecule has 48 heavy (non-hydrogen) atoms. The van der Waals surface area contributed by atoms with E-state index in [1.807, 2.05) is 10.9 Å². The standard InChI is InChI=1S/C33H30ClF2N5O7/c1-31(30(37)43)14-46-28-20(31)10-25(39-27(28)19-9-22-23(11-21(19)34)48-33(35,36)47-22)32(44,17-3-4-17)13-38-29(42)15-7-16-12-41(18-5-6-18)40-26(16)24(8-15)45-2/h7-12,17-18,44H,3-6,13-14H2,1-2H3,(H2,37,43)(H,38,42)/t31-,32?/m0/s1. The number of aromatic nitrogens is 3. The molecule has 4 aliphatic rings. The van der Waals surface area contributed by atoms with Gasteiger partial charge in [-0.25, -0.2) is 4.98 Å². The van der Waals surface area contributed by atoms with E-state index in [-0.39, 0.29) is 58.3 Å². The van der Waals surface area contributed by atoms with Gasteiger partial charge in [0.15, 0.2) is 11.5 Å². The normalized spacial score (nSPS) is 21.8. The fraction of sp³-hybridized carbons (Fsp3) is 0.394. The van der Waals surface area contributed by atoms with Crippen molar-refractivity contribution in [2.75, 3.05) is 20.3 Å². The lowest BCUT2D eigenvalue weighted by Crippen LogP contribution is -2.44. The Morgan fingerprint density at radius 1 is 1.17 bits per heavy atom. The number of alkyl halides is 2. The van der Waals surface area contributed by atoms with Crippen LogP contribution < -0.4 is 30.0 Å². The van der Waals surface area contributed by atoms with Gasteiger partial charge in [-0.1, -0.05) is 11.6 Å². The summed E-state index contributed by atoms with van der Waals surface area (Å²) in [6.45, 7) is 1.23. The number of benzene rings is 2. The van der Waals surface area contributed by atoms with Crippen molar-refractivity contribution in [1.29, 1.82) is 0 Å². The first-order valence-corrected chi connectivity index (χ1v) is 15.8. The molecule has 2 saturated carbocycles. The molecule has 2 aliphatic heterocycles. The zero-order valence-electron chi connectivity index (χ0n) is 25.8. The van der Waals surface area contributed by atoms with E-state index in [0.29, 0.717) is 41.3 Å². The third kappa shape index (κ3) is 4.88. The van der Waals surface area contributed by atoms with E-state index in [4.69, 9.17) is 31.8 Å². The van der Waals surface area contributed by atoms with Gasteiger partial charge in [0.2, 0.25) is 5.91 Å². The molecule has 2 fully saturated rings. The Balaban J connectivity index is 1.18. The topological polar surface area (TPSA) is 160 Å². The number of carbonyl (C=O) groups excluding carboxylic acids is 2. The highest BCUT2D eigenvalue weighted by Crippen LogP contribution is 2.53. The van der Waals surface area contributed by atoms with Crippen LogP contribution in [0.15, 0.2) is 36.5 Å². The molecule has 0 radical (unpaired) electrons. The fourth-order valence-corrected chi connectivity index (χ4v) is 6.64. The second-order valence-corrected chi connectivity index (χ2v) is 13.4. The van der Waals surface area contributed by atoms with Crippen molar-refractivity contribution in [2.24, 2.45) is 11.7 Å². The first kappa shape index (κ1) is 30.6. The van der Waals surface area contributed by atoms with Gasteiger partial charge in [-0.05, 0) is 62.8 Å². The van der Waals surface area contributed by atoms with Gasteiger partial charge in [-0.3, -0.25) is 14.3 Å². The fourth-order valence-electron chi connectivity index (χ4n) is 6.40. The van der Waals surface area contributed by atoms with Crippen molar-refractivity contribution in [1.82, 2.24) is 20.1 Å². The number of halogens is 3. The number of fused-ring (bicyclic) bond motifs is 3. The number of nitrogens with two attached hydrogens (primary N) is 1. The molecule has 2 aromatic carbocycles. The highest BCUT2D eigenvalue weighted by molar-refractivity contribution is 6.33. The summed E-state index contributed by atoms with van der Waals surface area (Å²) in [6, 6.07) is 7.63. The Bertz CT molecular complexity index is 2050. The van der Waals surface area contributed by atoms with Crippen molar-refractivity contribution in [2.45, 2.75) is 56.0 Å². The van der Waals surface area contributed by atoms with Crippen molar-refractivity contribution in [3.8, 4) is 34.3 Å². The van der Waals surface area contributed by atoms with Gasteiger partial charge in [-0.15, -0.1) is 8.78 Å². The third-order valence-corrected chi connectivity index (χ3v) is 9.88. The first-order valence-electron chi connectivity index (χ1n) is 15.5. The van der Waals surface area contributed by atoms with Crippen LogP contribution >= 0.6 is 11.6 Å². The number of rotatable bonds is 9. The van der Waals surface area contributed by atoms with E-state index in [1.54, 1.807) is 25.1 Å². The molecule has 0 spiro atoms. The molecule has 8 rings (SSSR count). The number of methoxy groups -OCH3 is 1. The number of nitrogens with zero attached hydrogens (tertiary/aromatic N) is 3. The molecule has 4 heterocycles. The Labute approximate surface area is 277 Å². The lowest BCUT2D eigenvalue weighted by molar-refractivity contribution is -0.286. The van der Waals surface area contributed by atoms with Gasteiger partial charge in [0, 0.05) is 34.3 Å². The number of nitrogens with one attached hydrogen (secondary N) is 1. The van der Waals surface area contributed by atoms with Crippen molar-refractivity contribution >= 4 is 34.3 Å². The number of amides is 2. The molecule has 2 amide bonds. The number of pyridine rings is 1. The van der Waals surface area contributed by atoms with Crippen LogP contribution in [0.2, 0.25) is 5.02 Å². The minimum Gasteiger partial charge on any atom is -0.494 e. The van der Waals surface area contributed by atoms with Gasteiger partial charge in [0.05, 0.1) is 30.4 Å². The lowest BCUT2D eigenvalue weighted by atomic mass is 9.81. The zero-order valence-corrected chi connectivity index (χ0v) is 26.6. The average Bonchev–Trinajstić information content (AvgIpc) is 3.98. The van der Waals surface area contributed by atoms with Crippen LogP contribution in [0.5, 0.6) is 23.0 Å². The van der Waals surface area contributed by atoms with Gasteiger partial charge in [0.25, 0.3) is 5.91 Å². The number of hydrogen-bond acceptors (Lipinski definition) is 9. The minimum absolute atomic E-state index is 0.0178. The highest BCUT2D eigenvalue weighted by Gasteiger charge is 2.51. The van der Waals surface area contributed by atoms with Crippen LogP contribution in [-0.2, 0) is 15.8 Å². The summed E-state index contributed by atoms with van der Waals surface area (Å²) < 4.78 is 50.4. The maximum atomic E-state index is 13.9. The summed E-state index contributed by atoms with van der Waals surface area (Å²) in [7, 11) is 1.51. The van der Waals surface area contributed by atoms with E-state index < -0.39 is 29.1 Å². The van der Waals surface area contributed by atoms with Gasteiger partial charge >= 0.3 is 6.29 Å². The summed E-state index contributed by atoms with van der Waals surface area (Å²) in [5.41, 5.74) is 4.43. The Morgan fingerprint density at radius 2 is 1.90 bits per heavy atom. The molecule has 2 atom stereocenters. The Morgan fingerprint density at radius 3 is 2.56 bits per heavy atom. The van der Waals surface area contributed by atoms with Crippen LogP contribution in [0.1, 0.15) is 60.3 Å². The molecule has 12 nitrogen and oxygen atoms in total. The van der Waals surface area contributed by atoms with Gasteiger partial charge in [-0.2, -0.15) is 5.10 Å². The van der Waals surface area contributed by atoms with Gasteiger partial charge in [0.1, 0.15) is 40.3 Å². The van der Waals surface area contributed by atoms with Crippen LogP contribution in [0.3, 0.4) is 0 Å². The molecular weight excluding hydrogens is 652 g/mol. The van der Waals surface area contributed by atoms with E-state index in [0.717, 1.165) is 18.2 Å². The molecule has 4 N–H and O–H groups in total. The number of carbonyl (C=O) groups is 2. The van der Waals surface area contributed by atoms with Crippen LogP contribution in [0, 0.1) is 5.92 Å². The number of primary amides is 1. The van der Waals surface area contributed by atoms with E-state index in [9.17, 15) is 23.5 Å². The van der Waals surface area contributed by atoms with Crippen molar-refractivity contribution < 1.29 is 42.4 Å². The maximum Gasteiger partial charge on any atom is 0.586 e. The lowest BCUT2D eigenvalue weighted by Gasteiger charge is -2.30. The van der Waals surface area contributed by atoms with E-state index in [2.05, 4.69) is 19.9 Å². The minimum atomic E-state index is -3.89. The third-order valence-electron chi connectivity index (χ3n) is 9.57. The molecular formula is C33H30ClF2N5O7. The molecule has 1 unspecified atom stereocenters. The maximum absolute atomic E-state index is 13.9. The molecule has 2 aromatic heterocycles. The number of hydrogen-bond donors (Lipinski definition) is 3. The molecule has 2 aliphatic carbocycles. The van der Waals surface area contributed by atoms with Crippen LogP contribution in [-0.4, -0.2) is 58.2 Å². The molecule has 0 bridgehead atoms. The average molecular weight is 682 g/mol. The predicted octanol–water partition coefficient (Wildman–Crippen LogP) is 4.58. The smallest absolute Gasteiger partial charge is 0.494 e. The summed E-state index contributed by atoms with van der Waals surface area (Å²) in [6.07, 6.45) is 1.38. The monoisotopic (exact) mass is 681 g/mol. The van der Waals surface area contributed by atoms with Gasteiger partial charge < -0.3 is 35.1 Å². The van der Waals surface area contributed by atoms with Crippen LogP contribution in [0.4, 0.5) is 8.78 Å². The summed E-state index contributed by atoms with van der Waals surface area (Å²) in [5.74, 6) is -1.38. The van der Waals surface area contributed by atoms with Crippen molar-refractivity contribution in [3.63, 3.8) is 0 Å². The predicted molar refractivity (Wildman–Crippen MR) is 166 cm³/mol. The summed E-state index contributed by atoms with van der Waals surface area (Å²) in [5, 5.41) is 20.5. The Kier molecular flexibility index (Phi) is 6.64. The Hall–Kier alpha value is -4.69. The molecule has 250 valence electrons. The quantitative estimate of drug-likeness (QED) is 0.230.